The molecule has 0 saturated carbocycles. The molecule has 0 aliphatic rings. The third-order valence-corrected chi connectivity index (χ3v) is 4.38. The molecule has 0 aliphatic heterocycles. The van der Waals surface area contributed by atoms with Crippen LogP contribution >= 0.6 is 0 Å². The minimum absolute atomic E-state index is 0.272. The minimum Gasteiger partial charge on any atom is -0.481 e. The van der Waals surface area contributed by atoms with Gasteiger partial charge >= 0.3 is 17.9 Å². The number of carboxylic acids is 3. The lowest BCUT2D eigenvalue weighted by molar-refractivity contribution is -0.147. The first-order chi connectivity index (χ1) is 14.3. The summed E-state index contributed by atoms with van der Waals surface area (Å²) in [6, 6.07) is -6.24. The summed E-state index contributed by atoms with van der Waals surface area (Å²) in [5.74, 6) is -8.06. The molecule has 0 saturated heterocycles. The highest BCUT2D eigenvalue weighted by molar-refractivity contribution is 5.96. The third kappa shape index (κ3) is 9.86. The Morgan fingerprint density at radius 1 is 0.774 bits per heavy atom. The van der Waals surface area contributed by atoms with Crippen LogP contribution in [0.1, 0.15) is 33.1 Å². The van der Waals surface area contributed by atoms with Gasteiger partial charge in [-0.3, -0.25) is 24.0 Å². The van der Waals surface area contributed by atoms with Crippen LogP contribution in [-0.2, 0) is 28.8 Å². The summed E-state index contributed by atoms with van der Waals surface area (Å²) in [5, 5.41) is 42.0. The topological polar surface area (TPSA) is 245 Å². The van der Waals surface area contributed by atoms with E-state index in [4.69, 9.17) is 21.1 Å². The fourth-order valence-corrected chi connectivity index (χ4v) is 2.28. The van der Waals surface area contributed by atoms with Gasteiger partial charge in [0, 0.05) is 0 Å². The third-order valence-electron chi connectivity index (χ3n) is 4.38. The van der Waals surface area contributed by atoms with E-state index in [1.165, 1.54) is 0 Å². The Kier molecular flexibility index (Phi) is 11.7. The normalized spacial score (nSPS) is 15.5. The van der Waals surface area contributed by atoms with Crippen molar-refractivity contribution in [2.24, 2.45) is 11.7 Å². The molecule has 14 nitrogen and oxygen atoms in total. The zero-order chi connectivity index (χ0) is 24.3. The van der Waals surface area contributed by atoms with E-state index in [-0.39, 0.29) is 5.92 Å². The van der Waals surface area contributed by atoms with Crippen molar-refractivity contribution in [3.63, 3.8) is 0 Å². The Labute approximate surface area is 177 Å². The maximum atomic E-state index is 12.4. The lowest BCUT2D eigenvalue weighted by Gasteiger charge is -2.24. The number of rotatable bonds is 14. The van der Waals surface area contributed by atoms with E-state index in [0.29, 0.717) is 6.42 Å². The van der Waals surface area contributed by atoms with Crippen LogP contribution in [0.25, 0.3) is 0 Å². The van der Waals surface area contributed by atoms with Crippen molar-refractivity contribution in [2.45, 2.75) is 57.3 Å². The first kappa shape index (κ1) is 27.7. The van der Waals surface area contributed by atoms with Crippen LogP contribution in [0.2, 0.25) is 0 Å². The Bertz CT molecular complexity index is 698. The number of amides is 3. The van der Waals surface area contributed by atoms with Gasteiger partial charge < -0.3 is 42.1 Å². The number of hydrogen-bond acceptors (Lipinski definition) is 8. The van der Waals surface area contributed by atoms with Crippen LogP contribution in [0, 0.1) is 5.92 Å². The number of aliphatic hydroxyl groups is 1. The number of nitrogens with two attached hydrogens (primary N) is 1. The van der Waals surface area contributed by atoms with Gasteiger partial charge in [0.2, 0.25) is 17.7 Å². The van der Waals surface area contributed by atoms with Gasteiger partial charge in [-0.25, -0.2) is 4.79 Å². The molecule has 5 atom stereocenters. The van der Waals surface area contributed by atoms with Gasteiger partial charge in [-0.05, 0) is 5.92 Å². The minimum atomic E-state index is -1.83. The fraction of sp³-hybridized carbons (Fsp3) is 0.647. The molecule has 0 spiro atoms. The number of nitrogens with one attached hydrogen (secondary N) is 3. The molecular formula is C17H28N4O10. The second-order valence-electron chi connectivity index (χ2n) is 6.81. The monoisotopic (exact) mass is 448 g/mol. The number of aliphatic carboxylic acids is 3. The van der Waals surface area contributed by atoms with Crippen molar-refractivity contribution in [1.29, 1.82) is 0 Å². The summed E-state index contributed by atoms with van der Waals surface area (Å²) in [6.07, 6.45) is -1.28. The van der Waals surface area contributed by atoms with Gasteiger partial charge in [0.1, 0.15) is 18.1 Å². The standard InChI is InChI=1S/C17H28N4O10/c1-3-7(2)13(18)16(29)19-8(4-11(23)24)14(27)21-10(6-22)15(28)20-9(17(30)31)5-12(25)26/h7-10,13,22H,3-6,18H2,1-2H3,(H,19,29)(H,20,28)(H,21,27)(H,23,24)(H,25,26)(H,30,31). The molecule has 5 unspecified atom stereocenters. The van der Waals surface area contributed by atoms with Crippen molar-refractivity contribution < 1.29 is 49.2 Å². The fourth-order valence-electron chi connectivity index (χ4n) is 2.28. The quantitative estimate of drug-likeness (QED) is 0.132. The van der Waals surface area contributed by atoms with Crippen LogP contribution in [-0.4, -0.2) is 86.8 Å². The Morgan fingerprint density at radius 3 is 1.61 bits per heavy atom. The molecule has 31 heavy (non-hydrogen) atoms. The molecule has 0 aliphatic carbocycles. The van der Waals surface area contributed by atoms with Crippen molar-refractivity contribution in [1.82, 2.24) is 16.0 Å². The molecule has 3 amide bonds. The molecular weight excluding hydrogens is 420 g/mol. The van der Waals surface area contributed by atoms with E-state index in [2.05, 4.69) is 5.32 Å². The maximum absolute atomic E-state index is 12.4. The molecule has 0 aromatic carbocycles. The van der Waals surface area contributed by atoms with Gasteiger partial charge in [-0.2, -0.15) is 0 Å². The van der Waals surface area contributed by atoms with Gasteiger partial charge in [0.15, 0.2) is 0 Å². The molecule has 0 fully saturated rings. The van der Waals surface area contributed by atoms with Crippen LogP contribution in [0.3, 0.4) is 0 Å². The van der Waals surface area contributed by atoms with Crippen LogP contribution in [0.15, 0.2) is 0 Å². The Balaban J connectivity index is 5.32. The summed E-state index contributed by atoms with van der Waals surface area (Å²) < 4.78 is 0. The Morgan fingerprint density at radius 2 is 1.19 bits per heavy atom. The van der Waals surface area contributed by atoms with Crippen molar-refractivity contribution in [3.8, 4) is 0 Å². The zero-order valence-corrected chi connectivity index (χ0v) is 17.0. The number of carbonyl (C=O) groups excluding carboxylic acids is 3. The number of carbonyl (C=O) groups is 6. The highest BCUT2D eigenvalue weighted by atomic mass is 16.4. The molecule has 0 aromatic heterocycles. The first-order valence-corrected chi connectivity index (χ1v) is 9.27. The van der Waals surface area contributed by atoms with E-state index in [0.717, 1.165) is 0 Å². The van der Waals surface area contributed by atoms with Gasteiger partial charge in [-0.15, -0.1) is 0 Å². The van der Waals surface area contributed by atoms with Crippen LogP contribution in [0.5, 0.6) is 0 Å². The predicted octanol–water partition coefficient (Wildman–Crippen LogP) is -3.16. The van der Waals surface area contributed by atoms with Crippen LogP contribution < -0.4 is 21.7 Å². The second kappa shape index (κ2) is 13.1. The zero-order valence-electron chi connectivity index (χ0n) is 17.0. The highest BCUT2D eigenvalue weighted by Gasteiger charge is 2.32. The average Bonchev–Trinajstić information content (AvgIpc) is 2.68. The summed E-state index contributed by atoms with van der Waals surface area (Å²) in [7, 11) is 0. The van der Waals surface area contributed by atoms with Gasteiger partial charge in [-0.1, -0.05) is 20.3 Å². The predicted molar refractivity (Wildman–Crippen MR) is 102 cm³/mol. The number of carboxylic acid groups (broad SMARTS) is 3. The first-order valence-electron chi connectivity index (χ1n) is 9.27. The molecule has 14 heteroatoms. The van der Waals surface area contributed by atoms with E-state index in [9.17, 15) is 33.9 Å². The molecule has 176 valence electrons. The van der Waals surface area contributed by atoms with Gasteiger partial charge in [0.25, 0.3) is 0 Å². The largest absolute Gasteiger partial charge is 0.481 e. The summed E-state index contributed by atoms with van der Waals surface area (Å²) in [6.45, 7) is 2.44. The summed E-state index contributed by atoms with van der Waals surface area (Å²) in [5.41, 5.74) is 5.75. The van der Waals surface area contributed by atoms with E-state index < -0.39 is 79.2 Å². The SMILES string of the molecule is CCC(C)C(N)C(=O)NC(CC(=O)O)C(=O)NC(CO)C(=O)NC(CC(=O)O)C(=O)O. The number of aliphatic hydroxyl groups excluding tert-OH is 1. The molecule has 0 radical (unpaired) electrons. The van der Waals surface area contributed by atoms with E-state index in [1.54, 1.807) is 13.8 Å². The lowest BCUT2D eigenvalue weighted by atomic mass is 9.99. The Hall–Kier alpha value is -3.26. The molecule has 0 rings (SSSR count). The van der Waals surface area contributed by atoms with Crippen LogP contribution in [0.4, 0.5) is 0 Å². The maximum Gasteiger partial charge on any atom is 0.326 e. The van der Waals surface area contributed by atoms with Crippen molar-refractivity contribution in [2.75, 3.05) is 6.61 Å². The summed E-state index contributed by atoms with van der Waals surface area (Å²) in [4.78, 5) is 69.5. The smallest absolute Gasteiger partial charge is 0.326 e. The van der Waals surface area contributed by atoms with Crippen molar-refractivity contribution >= 4 is 35.6 Å². The lowest BCUT2D eigenvalue weighted by Crippen LogP contribution is -2.59. The highest BCUT2D eigenvalue weighted by Crippen LogP contribution is 2.06. The van der Waals surface area contributed by atoms with Crippen molar-refractivity contribution in [3.05, 3.63) is 0 Å². The molecule has 0 heterocycles. The molecule has 0 bridgehead atoms. The number of hydrogen-bond donors (Lipinski definition) is 8. The van der Waals surface area contributed by atoms with E-state index >= 15 is 0 Å². The summed E-state index contributed by atoms with van der Waals surface area (Å²) >= 11 is 0. The molecule has 0 aromatic rings. The van der Waals surface area contributed by atoms with Gasteiger partial charge in [0.05, 0.1) is 25.5 Å². The second-order valence-corrected chi connectivity index (χ2v) is 6.81. The average molecular weight is 448 g/mol. The van der Waals surface area contributed by atoms with E-state index in [1.807, 2.05) is 10.6 Å². The molecule has 9 N–H and O–H groups in total.